The van der Waals surface area contributed by atoms with E-state index in [0.29, 0.717) is 19.7 Å². The van der Waals surface area contributed by atoms with Gasteiger partial charge in [0.1, 0.15) is 23.6 Å². The van der Waals surface area contributed by atoms with Crippen LogP contribution < -0.4 is 20.1 Å². The van der Waals surface area contributed by atoms with Crippen LogP contribution in [0.1, 0.15) is 43.5 Å². The number of benzene rings is 2. The van der Waals surface area contributed by atoms with Crippen LogP contribution in [0.5, 0.6) is 11.5 Å². The molecule has 0 bridgehead atoms. The van der Waals surface area contributed by atoms with Gasteiger partial charge < -0.3 is 20.1 Å². The molecule has 3 N–H and O–H groups in total. The van der Waals surface area contributed by atoms with Gasteiger partial charge in [-0.1, -0.05) is 29.8 Å². The molecule has 0 spiro atoms. The number of hydrogen-bond acceptors (Lipinski definition) is 3. The van der Waals surface area contributed by atoms with Crippen molar-refractivity contribution in [3.8, 4) is 11.5 Å². The molecule has 0 saturated carbocycles. The molecule has 0 aromatic heterocycles. The van der Waals surface area contributed by atoms with Crippen LogP contribution >= 0.6 is 11.6 Å². The maximum absolute atomic E-state index is 12.3. The van der Waals surface area contributed by atoms with Crippen molar-refractivity contribution in [3.63, 3.8) is 0 Å². The fraction of sp³-hybridized carbons (Fsp3) is 0.409. The van der Waals surface area contributed by atoms with Gasteiger partial charge in [-0.25, -0.2) is 0 Å². The minimum absolute atomic E-state index is 0.0314. The molecule has 0 aliphatic carbocycles. The number of nitrogens with one attached hydrogen (secondary N) is 1. The van der Waals surface area contributed by atoms with Gasteiger partial charge >= 0.3 is 0 Å². The molecule has 2 aromatic rings. The lowest BCUT2D eigenvalue weighted by atomic mass is 10.1. The molecule has 150 valence electrons. The van der Waals surface area contributed by atoms with Crippen molar-refractivity contribution in [2.24, 2.45) is 0 Å². The second kappa shape index (κ2) is 9.30. The fourth-order valence-electron chi connectivity index (χ4n) is 3.43. The topological polar surface area (TPSA) is 64.2 Å². The number of fused-ring (bicyclic) bond motifs is 1. The standard InChI is InChI=1S/C22H27ClN2O3/c1-4-27-20-10-16-9-14(2)28-21(16)11-17(20)12-25-22(26)13-24-15(3)18-7-5-6-8-19(18)23/h5-8,10-11,14-15,24H,4,9,12-13H2,1-3H3,(H,25,26)/p+1/t14-,15+/m0/s1. The van der Waals surface area contributed by atoms with E-state index in [9.17, 15) is 4.79 Å². The summed E-state index contributed by atoms with van der Waals surface area (Å²) in [6, 6.07) is 11.8. The van der Waals surface area contributed by atoms with Gasteiger partial charge in [-0.05, 0) is 39.0 Å². The van der Waals surface area contributed by atoms with Gasteiger partial charge in [0.15, 0.2) is 6.54 Å². The second-order valence-electron chi connectivity index (χ2n) is 7.16. The molecule has 3 rings (SSSR count). The fourth-order valence-corrected chi connectivity index (χ4v) is 3.74. The summed E-state index contributed by atoms with van der Waals surface area (Å²) in [5, 5.41) is 5.69. The van der Waals surface area contributed by atoms with E-state index in [1.54, 1.807) is 0 Å². The molecule has 28 heavy (non-hydrogen) atoms. The van der Waals surface area contributed by atoms with Gasteiger partial charge in [-0.15, -0.1) is 0 Å². The van der Waals surface area contributed by atoms with Gasteiger partial charge in [0.05, 0.1) is 6.61 Å². The van der Waals surface area contributed by atoms with Crippen LogP contribution in [0.15, 0.2) is 36.4 Å². The second-order valence-corrected chi connectivity index (χ2v) is 7.57. The molecular weight excluding hydrogens is 376 g/mol. The first-order chi connectivity index (χ1) is 13.5. The van der Waals surface area contributed by atoms with Crippen LogP contribution in [-0.4, -0.2) is 25.2 Å². The summed E-state index contributed by atoms with van der Waals surface area (Å²) < 4.78 is 11.6. The van der Waals surface area contributed by atoms with Crippen LogP contribution in [0.4, 0.5) is 0 Å². The van der Waals surface area contributed by atoms with Crippen molar-refractivity contribution in [2.45, 2.75) is 45.9 Å². The summed E-state index contributed by atoms with van der Waals surface area (Å²) in [4.78, 5) is 12.3. The largest absolute Gasteiger partial charge is 0.494 e. The molecule has 0 fully saturated rings. The van der Waals surface area contributed by atoms with E-state index < -0.39 is 0 Å². The quantitative estimate of drug-likeness (QED) is 0.712. The number of quaternary nitrogens is 1. The Balaban J connectivity index is 1.57. The highest BCUT2D eigenvalue weighted by Crippen LogP contribution is 2.35. The van der Waals surface area contributed by atoms with E-state index in [0.717, 1.165) is 39.6 Å². The molecule has 0 saturated heterocycles. The van der Waals surface area contributed by atoms with Crippen LogP contribution in [0.3, 0.4) is 0 Å². The summed E-state index contributed by atoms with van der Waals surface area (Å²) in [5.74, 6) is 1.67. The molecule has 1 aliphatic rings. The SMILES string of the molecule is CCOc1cc2c(cc1CNC(=O)C[NH2+][C@H](C)c1ccccc1Cl)O[C@@H](C)C2. The first-order valence-corrected chi connectivity index (χ1v) is 10.2. The Morgan fingerprint density at radius 1 is 1.39 bits per heavy atom. The minimum Gasteiger partial charge on any atom is -0.494 e. The summed E-state index contributed by atoms with van der Waals surface area (Å²) >= 11 is 6.23. The molecule has 1 heterocycles. The van der Waals surface area contributed by atoms with Crippen LogP contribution in [0.25, 0.3) is 0 Å². The zero-order valence-corrected chi connectivity index (χ0v) is 17.4. The van der Waals surface area contributed by atoms with E-state index in [1.807, 2.05) is 55.6 Å². The normalized spacial score (nSPS) is 16.2. The predicted octanol–water partition coefficient (Wildman–Crippen LogP) is 3.00. The molecule has 2 atom stereocenters. The van der Waals surface area contributed by atoms with E-state index in [2.05, 4.69) is 12.2 Å². The van der Waals surface area contributed by atoms with Gasteiger partial charge in [0, 0.05) is 34.7 Å². The molecule has 6 heteroatoms. The van der Waals surface area contributed by atoms with E-state index in [4.69, 9.17) is 21.1 Å². The number of carbonyl (C=O) groups is 1. The number of nitrogens with two attached hydrogens (primary N) is 1. The number of halogens is 1. The molecular formula is C22H28ClN2O3+. The van der Waals surface area contributed by atoms with Crippen molar-refractivity contribution in [1.29, 1.82) is 0 Å². The molecule has 0 unspecified atom stereocenters. The average molecular weight is 404 g/mol. The monoisotopic (exact) mass is 403 g/mol. The third kappa shape index (κ3) is 4.97. The predicted molar refractivity (Wildman–Crippen MR) is 110 cm³/mol. The summed E-state index contributed by atoms with van der Waals surface area (Å²) in [6.45, 7) is 7.37. The van der Waals surface area contributed by atoms with E-state index in [1.165, 1.54) is 0 Å². The average Bonchev–Trinajstić information content (AvgIpc) is 3.03. The highest BCUT2D eigenvalue weighted by molar-refractivity contribution is 6.31. The maximum Gasteiger partial charge on any atom is 0.275 e. The number of rotatable bonds is 8. The van der Waals surface area contributed by atoms with Gasteiger partial charge in [-0.3, -0.25) is 4.79 Å². The molecule has 0 radical (unpaired) electrons. The van der Waals surface area contributed by atoms with Crippen molar-refractivity contribution >= 4 is 17.5 Å². The Bertz CT molecular complexity index is 841. The molecule has 5 nitrogen and oxygen atoms in total. The Kier molecular flexibility index (Phi) is 6.81. The minimum atomic E-state index is -0.0314. The first kappa shape index (κ1) is 20.5. The number of carbonyl (C=O) groups excluding carboxylic acids is 1. The van der Waals surface area contributed by atoms with Crippen LogP contribution in [-0.2, 0) is 17.8 Å². The zero-order valence-electron chi connectivity index (χ0n) is 16.6. The third-order valence-corrected chi connectivity index (χ3v) is 5.25. The molecule has 2 aromatic carbocycles. The highest BCUT2D eigenvalue weighted by Gasteiger charge is 2.22. The van der Waals surface area contributed by atoms with Crippen LogP contribution in [0, 0.1) is 0 Å². The Labute approximate surface area is 171 Å². The van der Waals surface area contributed by atoms with Gasteiger partial charge in [-0.2, -0.15) is 0 Å². The van der Waals surface area contributed by atoms with E-state index >= 15 is 0 Å². The number of ether oxygens (including phenoxy) is 2. The first-order valence-electron chi connectivity index (χ1n) is 9.77. The summed E-state index contributed by atoms with van der Waals surface area (Å²) in [5.41, 5.74) is 3.12. The van der Waals surface area contributed by atoms with Crippen molar-refractivity contribution in [3.05, 3.63) is 58.1 Å². The highest BCUT2D eigenvalue weighted by atomic mass is 35.5. The maximum atomic E-state index is 12.3. The molecule has 1 aliphatic heterocycles. The Morgan fingerprint density at radius 3 is 2.93 bits per heavy atom. The van der Waals surface area contributed by atoms with Gasteiger partial charge in [0.2, 0.25) is 0 Å². The summed E-state index contributed by atoms with van der Waals surface area (Å²) in [6.07, 6.45) is 1.06. The smallest absolute Gasteiger partial charge is 0.275 e. The third-order valence-electron chi connectivity index (χ3n) is 4.91. The van der Waals surface area contributed by atoms with Gasteiger partial charge in [0.25, 0.3) is 5.91 Å². The van der Waals surface area contributed by atoms with Crippen molar-refractivity contribution in [2.75, 3.05) is 13.2 Å². The number of hydrogen-bond donors (Lipinski definition) is 2. The Morgan fingerprint density at radius 2 is 2.18 bits per heavy atom. The van der Waals surface area contributed by atoms with Crippen LogP contribution in [0.2, 0.25) is 5.02 Å². The zero-order chi connectivity index (χ0) is 20.1. The lowest BCUT2D eigenvalue weighted by Gasteiger charge is -2.14. The van der Waals surface area contributed by atoms with Crippen molar-refractivity contribution in [1.82, 2.24) is 5.32 Å². The Hall–Kier alpha value is -2.24. The van der Waals surface area contributed by atoms with Crippen molar-refractivity contribution < 1.29 is 19.6 Å². The molecule has 1 amide bonds. The summed E-state index contributed by atoms with van der Waals surface area (Å²) in [7, 11) is 0. The lowest BCUT2D eigenvalue weighted by Crippen LogP contribution is -2.87. The number of amides is 1. The van der Waals surface area contributed by atoms with E-state index in [-0.39, 0.29) is 18.1 Å². The lowest BCUT2D eigenvalue weighted by molar-refractivity contribution is -0.682.